The van der Waals surface area contributed by atoms with Crippen molar-refractivity contribution in [1.82, 2.24) is 19.9 Å². The van der Waals surface area contributed by atoms with E-state index in [0.29, 0.717) is 37.0 Å². The zero-order valence-electron chi connectivity index (χ0n) is 18.0. The molecule has 3 heterocycles. The molecule has 0 N–H and O–H groups in total. The van der Waals surface area contributed by atoms with Crippen LogP contribution in [0.2, 0.25) is 0 Å². The standard InChI is InChI=1S/C25H23FN4O3/c26-19-7-3-5-17(11-19)12-20-13-27-24(33-20)18-6-4-10-30(14-18)23(31)15-32-25-21-8-1-2-9-22(21)28-16-29-25/h1-3,5,7-9,11,13,16,18H,4,6,10,12,14-15H2/t18-/m1/s1. The molecule has 1 fully saturated rings. The first-order valence-electron chi connectivity index (χ1n) is 10.9. The Morgan fingerprint density at radius 3 is 2.97 bits per heavy atom. The van der Waals surface area contributed by atoms with Crippen molar-refractivity contribution in [2.75, 3.05) is 19.7 Å². The minimum atomic E-state index is -0.272. The van der Waals surface area contributed by atoms with Gasteiger partial charge >= 0.3 is 0 Å². The lowest BCUT2D eigenvalue weighted by atomic mass is 9.98. The molecule has 1 saturated heterocycles. The quantitative estimate of drug-likeness (QED) is 0.443. The fourth-order valence-corrected chi connectivity index (χ4v) is 4.16. The van der Waals surface area contributed by atoms with Crippen molar-refractivity contribution in [1.29, 1.82) is 0 Å². The Hall–Kier alpha value is -3.81. The third kappa shape index (κ3) is 4.84. The third-order valence-corrected chi connectivity index (χ3v) is 5.80. The number of hydrogen-bond acceptors (Lipinski definition) is 6. The van der Waals surface area contributed by atoms with Crippen LogP contribution in [0, 0.1) is 5.82 Å². The lowest BCUT2D eigenvalue weighted by Crippen LogP contribution is -2.41. The summed E-state index contributed by atoms with van der Waals surface area (Å²) in [4.78, 5) is 27.4. The van der Waals surface area contributed by atoms with Gasteiger partial charge in [-0.15, -0.1) is 0 Å². The molecule has 7 nitrogen and oxygen atoms in total. The van der Waals surface area contributed by atoms with Crippen LogP contribution in [0.5, 0.6) is 5.88 Å². The molecule has 1 atom stereocenters. The molecule has 1 amide bonds. The van der Waals surface area contributed by atoms with Gasteiger partial charge in [0.1, 0.15) is 17.9 Å². The number of aromatic nitrogens is 3. The van der Waals surface area contributed by atoms with Gasteiger partial charge in [-0.3, -0.25) is 4.79 Å². The summed E-state index contributed by atoms with van der Waals surface area (Å²) in [5.41, 5.74) is 1.60. The topological polar surface area (TPSA) is 81.4 Å². The van der Waals surface area contributed by atoms with Crippen LogP contribution in [0.1, 0.15) is 36.0 Å². The molecular weight excluding hydrogens is 423 g/mol. The van der Waals surface area contributed by atoms with E-state index in [9.17, 15) is 9.18 Å². The van der Waals surface area contributed by atoms with Gasteiger partial charge in [-0.05, 0) is 42.7 Å². The van der Waals surface area contributed by atoms with Crippen LogP contribution in [-0.2, 0) is 11.2 Å². The predicted molar refractivity (Wildman–Crippen MR) is 119 cm³/mol. The summed E-state index contributed by atoms with van der Waals surface area (Å²) < 4.78 is 25.1. The number of fused-ring (bicyclic) bond motifs is 1. The van der Waals surface area contributed by atoms with E-state index in [-0.39, 0.29) is 24.2 Å². The Balaban J connectivity index is 1.21. The van der Waals surface area contributed by atoms with Crippen molar-refractivity contribution in [3.05, 3.63) is 84.1 Å². The van der Waals surface area contributed by atoms with E-state index in [1.54, 1.807) is 17.2 Å². The van der Waals surface area contributed by atoms with Crippen molar-refractivity contribution in [3.63, 3.8) is 0 Å². The van der Waals surface area contributed by atoms with Gasteiger partial charge in [-0.1, -0.05) is 24.3 Å². The largest absolute Gasteiger partial charge is 0.467 e. The highest BCUT2D eigenvalue weighted by molar-refractivity contribution is 5.84. The Morgan fingerprint density at radius 1 is 1.15 bits per heavy atom. The summed E-state index contributed by atoms with van der Waals surface area (Å²) in [6, 6.07) is 14.0. The van der Waals surface area contributed by atoms with E-state index < -0.39 is 0 Å². The van der Waals surface area contributed by atoms with Gasteiger partial charge in [-0.25, -0.2) is 19.3 Å². The molecule has 2 aromatic carbocycles. The van der Waals surface area contributed by atoms with Crippen molar-refractivity contribution < 1.29 is 18.3 Å². The number of amides is 1. The number of rotatable bonds is 6. The fraction of sp³-hybridized carbons (Fsp3) is 0.280. The number of likely N-dealkylation sites (tertiary alicyclic amines) is 1. The Bertz CT molecular complexity index is 1270. The Labute approximate surface area is 190 Å². The average Bonchev–Trinajstić information content (AvgIpc) is 3.31. The van der Waals surface area contributed by atoms with Crippen LogP contribution in [-0.4, -0.2) is 45.5 Å². The van der Waals surface area contributed by atoms with Gasteiger partial charge in [0.05, 0.1) is 23.0 Å². The minimum Gasteiger partial charge on any atom is -0.467 e. The molecular formula is C25H23FN4O3. The number of benzene rings is 2. The molecule has 0 radical (unpaired) electrons. The first-order chi connectivity index (χ1) is 16.2. The summed E-state index contributed by atoms with van der Waals surface area (Å²) in [6.07, 6.45) is 5.34. The normalized spacial score (nSPS) is 16.2. The second-order valence-corrected chi connectivity index (χ2v) is 8.14. The summed E-state index contributed by atoms with van der Waals surface area (Å²) in [7, 11) is 0. The molecule has 0 bridgehead atoms. The Kier molecular flexibility index (Phi) is 5.97. The second-order valence-electron chi connectivity index (χ2n) is 8.14. The van der Waals surface area contributed by atoms with Crippen LogP contribution in [0.4, 0.5) is 4.39 Å². The monoisotopic (exact) mass is 446 g/mol. The number of halogens is 1. The van der Waals surface area contributed by atoms with Gasteiger partial charge in [0.2, 0.25) is 5.88 Å². The predicted octanol–water partition coefficient (Wildman–Crippen LogP) is 4.13. The lowest BCUT2D eigenvalue weighted by molar-refractivity contribution is -0.134. The molecule has 33 heavy (non-hydrogen) atoms. The van der Waals surface area contributed by atoms with E-state index >= 15 is 0 Å². The molecule has 4 aromatic rings. The number of oxazole rings is 1. The molecule has 8 heteroatoms. The zero-order chi connectivity index (χ0) is 22.6. The number of carbonyl (C=O) groups is 1. The molecule has 1 aliphatic heterocycles. The van der Waals surface area contributed by atoms with Gasteiger partial charge in [-0.2, -0.15) is 0 Å². The first kappa shape index (κ1) is 21.1. The molecule has 2 aromatic heterocycles. The van der Waals surface area contributed by atoms with Gasteiger partial charge < -0.3 is 14.1 Å². The number of para-hydroxylation sites is 1. The molecule has 1 aliphatic rings. The molecule has 0 spiro atoms. The number of ether oxygens (including phenoxy) is 1. The molecule has 0 saturated carbocycles. The van der Waals surface area contributed by atoms with Gasteiger partial charge in [0, 0.05) is 19.5 Å². The van der Waals surface area contributed by atoms with Crippen LogP contribution in [0.15, 0.2) is 65.5 Å². The summed E-state index contributed by atoms with van der Waals surface area (Å²) >= 11 is 0. The van der Waals surface area contributed by atoms with E-state index in [4.69, 9.17) is 9.15 Å². The molecule has 0 aliphatic carbocycles. The summed E-state index contributed by atoms with van der Waals surface area (Å²) in [5.74, 6) is 1.33. The van der Waals surface area contributed by atoms with Crippen LogP contribution < -0.4 is 4.74 Å². The smallest absolute Gasteiger partial charge is 0.260 e. The molecule has 168 valence electrons. The van der Waals surface area contributed by atoms with E-state index in [0.717, 1.165) is 29.3 Å². The SMILES string of the molecule is O=C(COc1ncnc2ccccc12)N1CCC[C@@H](c2ncc(Cc3cccc(F)c3)o2)C1. The van der Waals surface area contributed by atoms with Crippen LogP contribution >= 0.6 is 0 Å². The summed E-state index contributed by atoms with van der Waals surface area (Å²) in [6.45, 7) is 1.09. The fourth-order valence-electron chi connectivity index (χ4n) is 4.16. The highest BCUT2D eigenvalue weighted by Gasteiger charge is 2.28. The maximum atomic E-state index is 13.4. The third-order valence-electron chi connectivity index (χ3n) is 5.80. The first-order valence-corrected chi connectivity index (χ1v) is 10.9. The van der Waals surface area contributed by atoms with Crippen LogP contribution in [0.25, 0.3) is 10.9 Å². The van der Waals surface area contributed by atoms with Crippen molar-refractivity contribution in [2.45, 2.75) is 25.2 Å². The highest BCUT2D eigenvalue weighted by atomic mass is 19.1. The van der Waals surface area contributed by atoms with Crippen molar-refractivity contribution in [2.24, 2.45) is 0 Å². The van der Waals surface area contributed by atoms with E-state index in [1.807, 2.05) is 30.3 Å². The number of nitrogens with zero attached hydrogens (tertiary/aromatic N) is 4. The minimum absolute atomic E-state index is 0.0174. The number of piperidine rings is 1. The number of carbonyl (C=O) groups excluding carboxylic acids is 1. The van der Waals surface area contributed by atoms with Gasteiger partial charge in [0.25, 0.3) is 5.91 Å². The second kappa shape index (κ2) is 9.36. The van der Waals surface area contributed by atoms with Crippen molar-refractivity contribution in [3.8, 4) is 5.88 Å². The zero-order valence-corrected chi connectivity index (χ0v) is 18.0. The molecule has 5 rings (SSSR count). The maximum Gasteiger partial charge on any atom is 0.260 e. The highest BCUT2D eigenvalue weighted by Crippen LogP contribution is 2.28. The van der Waals surface area contributed by atoms with E-state index in [2.05, 4.69) is 15.0 Å². The molecule has 0 unspecified atom stereocenters. The summed E-state index contributed by atoms with van der Waals surface area (Å²) in [5, 5.41) is 0.773. The van der Waals surface area contributed by atoms with Crippen molar-refractivity contribution >= 4 is 16.8 Å². The van der Waals surface area contributed by atoms with Crippen LogP contribution in [0.3, 0.4) is 0 Å². The maximum absolute atomic E-state index is 13.4. The average molecular weight is 446 g/mol. The lowest BCUT2D eigenvalue weighted by Gasteiger charge is -2.31. The Morgan fingerprint density at radius 2 is 2.06 bits per heavy atom. The van der Waals surface area contributed by atoms with Gasteiger partial charge in [0.15, 0.2) is 12.5 Å². The number of hydrogen-bond donors (Lipinski definition) is 0. The van der Waals surface area contributed by atoms with E-state index in [1.165, 1.54) is 18.5 Å².